The minimum absolute atomic E-state index is 0.0885. The first kappa shape index (κ1) is 19.4. The van der Waals surface area contributed by atoms with Gasteiger partial charge in [0.1, 0.15) is 23.4 Å². The van der Waals surface area contributed by atoms with Gasteiger partial charge in [0.2, 0.25) is 0 Å². The fourth-order valence-electron chi connectivity index (χ4n) is 3.21. The predicted molar refractivity (Wildman–Crippen MR) is 114 cm³/mol. The van der Waals surface area contributed by atoms with Crippen LogP contribution in [0.3, 0.4) is 0 Å². The van der Waals surface area contributed by atoms with Gasteiger partial charge >= 0.3 is 0 Å². The molecule has 0 aliphatic rings. The molecule has 0 amide bonds. The second-order valence-electron chi connectivity index (χ2n) is 6.52. The van der Waals surface area contributed by atoms with Crippen LogP contribution < -0.4 is 0 Å². The molecule has 0 spiro atoms. The third kappa shape index (κ3) is 3.69. The summed E-state index contributed by atoms with van der Waals surface area (Å²) in [5, 5.41) is 35.4. The Morgan fingerprint density at radius 2 is 1.77 bits per heavy atom. The Bertz CT molecular complexity index is 1370. The molecule has 8 nitrogen and oxygen atoms in total. The molecule has 0 bridgehead atoms. The maximum Gasteiger partial charge on any atom is 0.270 e. The van der Waals surface area contributed by atoms with Gasteiger partial charge in [-0.2, -0.15) is 15.6 Å². The van der Waals surface area contributed by atoms with Crippen LogP contribution in [0.2, 0.25) is 0 Å². The van der Waals surface area contributed by atoms with Gasteiger partial charge in [0.05, 0.1) is 16.2 Å². The smallest absolute Gasteiger partial charge is 0.270 e. The number of hydrogen-bond acceptors (Lipinski definition) is 5. The number of para-hydroxylation sites is 1. The largest absolute Gasteiger partial charge is 0.307 e. The fraction of sp³-hybridized carbons (Fsp3) is 0. The van der Waals surface area contributed by atoms with Crippen molar-refractivity contribution in [1.82, 2.24) is 14.3 Å². The molecule has 2 heterocycles. The topological polar surface area (TPSA) is 113 Å². The van der Waals surface area contributed by atoms with Crippen molar-refractivity contribution in [1.29, 1.82) is 10.5 Å². The van der Waals surface area contributed by atoms with E-state index in [-0.39, 0.29) is 22.5 Å². The van der Waals surface area contributed by atoms with Crippen molar-refractivity contribution in [3.63, 3.8) is 0 Å². The minimum atomic E-state index is -0.502. The van der Waals surface area contributed by atoms with Crippen LogP contribution in [0.25, 0.3) is 23.2 Å². The summed E-state index contributed by atoms with van der Waals surface area (Å²) in [4.78, 5) is 10.6. The Kier molecular flexibility index (Phi) is 5.12. The average molecular weight is 406 g/mol. The zero-order valence-electron chi connectivity index (χ0n) is 16.1. The number of hydrogen-bond donors (Lipinski definition) is 0. The highest BCUT2D eigenvalue weighted by Crippen LogP contribution is 2.28. The van der Waals surface area contributed by atoms with E-state index in [4.69, 9.17) is 0 Å². The summed E-state index contributed by atoms with van der Waals surface area (Å²) in [7, 11) is 0. The van der Waals surface area contributed by atoms with Crippen LogP contribution in [0.15, 0.2) is 79.1 Å². The predicted octanol–water partition coefficient (Wildman–Crippen LogP) is 4.51. The van der Waals surface area contributed by atoms with Crippen molar-refractivity contribution in [2.75, 3.05) is 0 Å². The van der Waals surface area contributed by atoms with E-state index < -0.39 is 4.92 Å². The molecule has 2 aromatic carbocycles. The zero-order valence-corrected chi connectivity index (χ0v) is 16.1. The highest BCUT2D eigenvalue weighted by atomic mass is 16.6. The van der Waals surface area contributed by atoms with Crippen LogP contribution in [0.1, 0.15) is 16.8 Å². The first-order valence-electron chi connectivity index (χ1n) is 9.21. The van der Waals surface area contributed by atoms with E-state index in [0.717, 1.165) is 5.69 Å². The normalized spacial score (nSPS) is 11.0. The molecule has 0 radical (unpaired) electrons. The highest BCUT2D eigenvalue weighted by molar-refractivity contribution is 5.91. The van der Waals surface area contributed by atoms with Gasteiger partial charge in [-0.25, -0.2) is 4.68 Å². The lowest BCUT2D eigenvalue weighted by atomic mass is 10.1. The van der Waals surface area contributed by atoms with Crippen LogP contribution in [-0.4, -0.2) is 19.3 Å². The van der Waals surface area contributed by atoms with Gasteiger partial charge in [-0.15, -0.1) is 0 Å². The lowest BCUT2D eigenvalue weighted by Gasteiger charge is -2.08. The number of nitrogens with zero attached hydrogens (tertiary/aromatic N) is 6. The first-order chi connectivity index (χ1) is 15.1. The molecule has 4 rings (SSSR count). The number of allylic oxidation sites excluding steroid dienone is 1. The molecule has 0 saturated carbocycles. The van der Waals surface area contributed by atoms with Crippen LogP contribution in [0.5, 0.6) is 0 Å². The lowest BCUT2D eigenvalue weighted by molar-refractivity contribution is -0.384. The molecular formula is C23H14N6O2. The lowest BCUT2D eigenvalue weighted by Crippen LogP contribution is -2.04. The molecule has 0 unspecified atom stereocenters. The number of aromatic nitrogens is 3. The third-order valence-corrected chi connectivity index (χ3v) is 4.59. The van der Waals surface area contributed by atoms with Crippen molar-refractivity contribution in [2.45, 2.75) is 0 Å². The monoisotopic (exact) mass is 406 g/mol. The molecule has 31 heavy (non-hydrogen) atoms. The quantitative estimate of drug-likeness (QED) is 0.275. The van der Waals surface area contributed by atoms with Crippen LogP contribution in [0, 0.1) is 32.8 Å². The highest BCUT2D eigenvalue weighted by Gasteiger charge is 2.23. The number of nitriles is 2. The Morgan fingerprint density at radius 3 is 2.42 bits per heavy atom. The van der Waals surface area contributed by atoms with E-state index in [9.17, 15) is 20.6 Å². The summed E-state index contributed by atoms with van der Waals surface area (Å²) in [5.41, 5.74) is 1.64. The van der Waals surface area contributed by atoms with Crippen LogP contribution in [-0.2, 0) is 0 Å². The van der Waals surface area contributed by atoms with E-state index in [0.29, 0.717) is 11.4 Å². The van der Waals surface area contributed by atoms with E-state index in [1.807, 2.05) is 42.5 Å². The summed E-state index contributed by atoms with van der Waals surface area (Å²) < 4.78 is 3.36. The fourth-order valence-corrected chi connectivity index (χ4v) is 3.21. The van der Waals surface area contributed by atoms with Gasteiger partial charge in [-0.3, -0.25) is 10.1 Å². The molecule has 4 aromatic rings. The SMILES string of the molecule is N#C/C(=C\c1cccc([N+](=O)[O-])c1)c1nn(-c2ccccc2)c(-n2cccc2)c1C#N. The molecular weight excluding hydrogens is 392 g/mol. The summed E-state index contributed by atoms with van der Waals surface area (Å²) in [6.07, 6.45) is 5.07. The molecule has 8 heteroatoms. The van der Waals surface area contributed by atoms with E-state index in [2.05, 4.69) is 17.2 Å². The Morgan fingerprint density at radius 1 is 1.03 bits per heavy atom. The van der Waals surface area contributed by atoms with Crippen molar-refractivity contribution in [3.8, 4) is 23.6 Å². The van der Waals surface area contributed by atoms with Crippen molar-refractivity contribution >= 4 is 17.3 Å². The molecule has 0 atom stereocenters. The van der Waals surface area contributed by atoms with Gasteiger partial charge in [0.25, 0.3) is 5.69 Å². The number of benzene rings is 2. The average Bonchev–Trinajstić information content (AvgIpc) is 3.45. The molecule has 0 N–H and O–H groups in total. The van der Waals surface area contributed by atoms with Crippen molar-refractivity contribution in [3.05, 3.63) is 106 Å². The second-order valence-corrected chi connectivity index (χ2v) is 6.52. The van der Waals surface area contributed by atoms with Crippen molar-refractivity contribution in [2.24, 2.45) is 0 Å². The number of nitro groups is 1. The molecule has 0 saturated heterocycles. The van der Waals surface area contributed by atoms with Gasteiger partial charge in [0.15, 0.2) is 5.82 Å². The molecule has 2 aromatic heterocycles. The summed E-state index contributed by atoms with van der Waals surface area (Å²) in [6.45, 7) is 0. The van der Waals surface area contributed by atoms with Crippen LogP contribution >= 0.6 is 0 Å². The summed E-state index contributed by atoms with van der Waals surface area (Å²) in [5.74, 6) is 0.494. The number of rotatable bonds is 5. The van der Waals surface area contributed by atoms with Crippen molar-refractivity contribution < 1.29 is 4.92 Å². The van der Waals surface area contributed by atoms with Gasteiger partial charge in [-0.1, -0.05) is 30.3 Å². The van der Waals surface area contributed by atoms with Gasteiger partial charge in [-0.05, 0) is 35.9 Å². The zero-order chi connectivity index (χ0) is 21.8. The molecule has 0 fully saturated rings. The summed E-state index contributed by atoms with van der Waals surface area (Å²) in [6, 6.07) is 23.1. The van der Waals surface area contributed by atoms with E-state index >= 15 is 0 Å². The van der Waals surface area contributed by atoms with Gasteiger partial charge in [0, 0.05) is 24.5 Å². The standard InChI is InChI=1S/C23H14N6O2/c24-15-18(13-17-7-6-10-20(14-17)29(30)31)22-21(16-25)23(27-11-4-5-12-27)28(26-22)19-8-2-1-3-9-19/h1-14H/b18-13+. The van der Waals surface area contributed by atoms with Crippen LogP contribution in [0.4, 0.5) is 5.69 Å². The van der Waals surface area contributed by atoms with E-state index in [1.54, 1.807) is 27.7 Å². The second kappa shape index (κ2) is 8.19. The Hall–Kier alpha value is -4.95. The third-order valence-electron chi connectivity index (χ3n) is 4.59. The minimum Gasteiger partial charge on any atom is -0.307 e. The Balaban J connectivity index is 1.94. The Labute approximate surface area is 177 Å². The first-order valence-corrected chi connectivity index (χ1v) is 9.21. The van der Waals surface area contributed by atoms with E-state index in [1.165, 1.54) is 24.3 Å². The molecule has 0 aliphatic heterocycles. The maximum absolute atomic E-state index is 11.1. The molecule has 0 aliphatic carbocycles. The summed E-state index contributed by atoms with van der Waals surface area (Å²) >= 11 is 0. The number of non-ortho nitro benzene ring substituents is 1. The maximum atomic E-state index is 11.1. The molecule has 148 valence electrons. The number of nitro benzene ring substituents is 1. The van der Waals surface area contributed by atoms with Gasteiger partial charge < -0.3 is 4.57 Å².